The molecule has 4 heterocycles. The van der Waals surface area contributed by atoms with Crippen molar-refractivity contribution in [1.29, 1.82) is 0 Å². The van der Waals surface area contributed by atoms with Crippen molar-refractivity contribution >= 4 is 46.0 Å². The summed E-state index contributed by atoms with van der Waals surface area (Å²) in [6.07, 6.45) is 6.05. The SMILES string of the molecule is CC1CCN(c2ccc(N3C(=S)N[C@H](c4ccccn4)[C@H]3c3cccn3-c3ccc([N+](=O)[O-])cc3)cc2Cl)CC1. The van der Waals surface area contributed by atoms with E-state index in [1.165, 1.54) is 12.1 Å². The van der Waals surface area contributed by atoms with Crippen molar-refractivity contribution in [1.82, 2.24) is 14.9 Å². The summed E-state index contributed by atoms with van der Waals surface area (Å²) < 4.78 is 2.04. The van der Waals surface area contributed by atoms with Gasteiger partial charge in [0.1, 0.15) is 6.04 Å². The molecule has 1 N–H and O–H groups in total. The fourth-order valence-corrected chi connectivity index (χ4v) is 6.33. The Morgan fingerprint density at radius 3 is 2.45 bits per heavy atom. The van der Waals surface area contributed by atoms with Gasteiger partial charge < -0.3 is 19.7 Å². The molecule has 10 heteroatoms. The molecule has 0 radical (unpaired) electrons. The van der Waals surface area contributed by atoms with Crippen LogP contribution in [0.15, 0.2) is 85.2 Å². The number of non-ortho nitro benzene ring substituents is 1. The molecule has 2 aliphatic rings. The van der Waals surface area contributed by atoms with Crippen molar-refractivity contribution in [2.75, 3.05) is 22.9 Å². The van der Waals surface area contributed by atoms with Gasteiger partial charge in [0.25, 0.3) is 5.69 Å². The number of aromatic nitrogens is 2. The van der Waals surface area contributed by atoms with E-state index in [1.807, 2.05) is 41.1 Å². The third-order valence-electron chi connectivity index (χ3n) is 7.85. The van der Waals surface area contributed by atoms with Crippen LogP contribution >= 0.6 is 23.8 Å². The Morgan fingerprint density at radius 2 is 1.77 bits per heavy atom. The zero-order valence-corrected chi connectivity index (χ0v) is 23.6. The molecule has 0 saturated carbocycles. The maximum Gasteiger partial charge on any atom is 0.269 e. The van der Waals surface area contributed by atoms with Crippen LogP contribution in [-0.2, 0) is 0 Å². The summed E-state index contributed by atoms with van der Waals surface area (Å²) in [7, 11) is 0. The maximum atomic E-state index is 11.2. The molecule has 2 aliphatic heterocycles. The van der Waals surface area contributed by atoms with Gasteiger partial charge in [0, 0.05) is 54.7 Å². The Bertz CT molecular complexity index is 1540. The first-order chi connectivity index (χ1) is 19.4. The van der Waals surface area contributed by atoms with Crippen molar-refractivity contribution in [2.45, 2.75) is 31.8 Å². The van der Waals surface area contributed by atoms with Crippen LogP contribution in [0.5, 0.6) is 0 Å². The minimum absolute atomic E-state index is 0.0482. The summed E-state index contributed by atoms with van der Waals surface area (Å²) in [5, 5.41) is 16.0. The second kappa shape index (κ2) is 10.9. The van der Waals surface area contributed by atoms with Crippen molar-refractivity contribution in [3.8, 4) is 5.69 Å². The molecular formula is C30H29ClN6O2S. The number of piperidine rings is 1. The van der Waals surface area contributed by atoms with E-state index in [9.17, 15) is 10.1 Å². The quantitative estimate of drug-likeness (QED) is 0.154. The van der Waals surface area contributed by atoms with Gasteiger partial charge in [0.15, 0.2) is 5.11 Å². The van der Waals surface area contributed by atoms with Crippen molar-refractivity contribution < 1.29 is 4.92 Å². The van der Waals surface area contributed by atoms with Gasteiger partial charge in [-0.2, -0.15) is 0 Å². The number of nitrogens with zero attached hydrogens (tertiary/aromatic N) is 5. The monoisotopic (exact) mass is 572 g/mol. The Morgan fingerprint density at radius 1 is 1.02 bits per heavy atom. The lowest BCUT2D eigenvalue weighted by Gasteiger charge is -2.33. The molecule has 2 aromatic carbocycles. The van der Waals surface area contributed by atoms with E-state index in [2.05, 4.69) is 45.2 Å². The van der Waals surface area contributed by atoms with E-state index in [0.29, 0.717) is 10.1 Å². The summed E-state index contributed by atoms with van der Waals surface area (Å²) in [4.78, 5) is 19.9. The highest BCUT2D eigenvalue weighted by Gasteiger charge is 2.42. The molecule has 2 atom stereocenters. The number of hydrogen-bond donors (Lipinski definition) is 1. The minimum atomic E-state index is -0.392. The molecule has 4 aromatic rings. The summed E-state index contributed by atoms with van der Waals surface area (Å²) in [5.41, 5.74) is 4.61. The Hall–Kier alpha value is -3.95. The van der Waals surface area contributed by atoms with Gasteiger partial charge in [0.2, 0.25) is 0 Å². The Kier molecular flexibility index (Phi) is 7.16. The van der Waals surface area contributed by atoms with Crippen LogP contribution in [-0.4, -0.2) is 32.7 Å². The molecule has 204 valence electrons. The molecule has 0 spiro atoms. The summed E-state index contributed by atoms with van der Waals surface area (Å²) in [6, 6.07) is 22.1. The average Bonchev–Trinajstić information content (AvgIpc) is 3.58. The molecule has 2 aromatic heterocycles. The van der Waals surface area contributed by atoms with Gasteiger partial charge in [-0.15, -0.1) is 0 Å². The molecule has 8 nitrogen and oxygen atoms in total. The number of nitro benzene ring substituents is 1. The molecule has 2 saturated heterocycles. The number of halogens is 1. The van der Waals surface area contributed by atoms with Crippen LogP contribution in [0.1, 0.15) is 43.2 Å². The lowest BCUT2D eigenvalue weighted by molar-refractivity contribution is -0.384. The third-order valence-corrected chi connectivity index (χ3v) is 8.47. The third kappa shape index (κ3) is 4.91. The van der Waals surface area contributed by atoms with Crippen molar-refractivity contribution in [3.05, 3.63) is 112 Å². The standard InChI is InChI=1S/C30H29ClN6O2S/c1-20-13-17-34(18-14-20)26-12-11-23(19-24(26)31)36-29(28(33-30(36)40)25-5-2-3-15-32-25)27-6-4-16-35(27)21-7-9-22(10-8-21)37(38)39/h2-12,15-16,19-20,28-29H,13-14,17-18H2,1H3,(H,33,40)/t28-,29-/m1/s1. The number of anilines is 2. The summed E-state index contributed by atoms with van der Waals surface area (Å²) in [5.74, 6) is 0.735. The highest BCUT2D eigenvalue weighted by molar-refractivity contribution is 7.80. The number of nitro groups is 1. The van der Waals surface area contributed by atoms with Gasteiger partial charge in [-0.05, 0) is 85.6 Å². The topological polar surface area (TPSA) is 79.5 Å². The van der Waals surface area contributed by atoms with Crippen LogP contribution in [0.3, 0.4) is 0 Å². The number of rotatable bonds is 6. The van der Waals surface area contributed by atoms with E-state index in [1.54, 1.807) is 18.3 Å². The van der Waals surface area contributed by atoms with E-state index in [0.717, 1.165) is 60.3 Å². The van der Waals surface area contributed by atoms with Crippen molar-refractivity contribution in [3.63, 3.8) is 0 Å². The normalized spacial score (nSPS) is 19.6. The summed E-state index contributed by atoms with van der Waals surface area (Å²) >= 11 is 12.8. The molecular weight excluding hydrogens is 544 g/mol. The smallest absolute Gasteiger partial charge is 0.269 e. The van der Waals surface area contributed by atoms with Gasteiger partial charge in [0.05, 0.1) is 27.4 Å². The number of nitrogens with one attached hydrogen (secondary N) is 1. The molecule has 0 aliphatic carbocycles. The zero-order chi connectivity index (χ0) is 27.8. The molecule has 6 rings (SSSR count). The number of hydrogen-bond acceptors (Lipinski definition) is 5. The second-order valence-corrected chi connectivity index (χ2v) is 11.2. The van der Waals surface area contributed by atoms with Gasteiger partial charge in [-0.1, -0.05) is 24.6 Å². The fourth-order valence-electron chi connectivity index (χ4n) is 5.69. The highest BCUT2D eigenvalue weighted by atomic mass is 35.5. The molecule has 0 bridgehead atoms. The van der Waals surface area contributed by atoms with Crippen LogP contribution in [0.4, 0.5) is 17.1 Å². The van der Waals surface area contributed by atoms with Crippen molar-refractivity contribution in [2.24, 2.45) is 5.92 Å². The lowest BCUT2D eigenvalue weighted by atomic mass is 9.98. The minimum Gasteiger partial charge on any atom is -0.370 e. The summed E-state index contributed by atoms with van der Waals surface area (Å²) in [6.45, 7) is 4.29. The average molecular weight is 573 g/mol. The fraction of sp³-hybridized carbons (Fsp3) is 0.267. The Balaban J connectivity index is 1.41. The van der Waals surface area contributed by atoms with Crippen LogP contribution in [0.2, 0.25) is 5.02 Å². The van der Waals surface area contributed by atoms with E-state index >= 15 is 0 Å². The van der Waals surface area contributed by atoms with E-state index in [4.69, 9.17) is 23.8 Å². The first kappa shape index (κ1) is 26.3. The molecule has 0 unspecified atom stereocenters. The number of thiocarbonyl (C=S) groups is 1. The van der Waals surface area contributed by atoms with Gasteiger partial charge in [-0.3, -0.25) is 15.1 Å². The van der Waals surface area contributed by atoms with E-state index in [-0.39, 0.29) is 17.8 Å². The lowest BCUT2D eigenvalue weighted by Crippen LogP contribution is -2.33. The molecule has 40 heavy (non-hydrogen) atoms. The second-order valence-electron chi connectivity index (χ2n) is 10.4. The first-order valence-electron chi connectivity index (χ1n) is 13.4. The van der Waals surface area contributed by atoms with Gasteiger partial charge in [-0.25, -0.2) is 0 Å². The highest BCUT2D eigenvalue weighted by Crippen LogP contribution is 2.44. The van der Waals surface area contributed by atoms with Crippen LogP contribution in [0, 0.1) is 16.0 Å². The van der Waals surface area contributed by atoms with E-state index < -0.39 is 4.92 Å². The molecule has 2 fully saturated rings. The zero-order valence-electron chi connectivity index (χ0n) is 22.0. The predicted octanol–water partition coefficient (Wildman–Crippen LogP) is 6.85. The first-order valence-corrected chi connectivity index (χ1v) is 14.2. The molecule has 0 amide bonds. The maximum absolute atomic E-state index is 11.2. The van der Waals surface area contributed by atoms with Crippen LogP contribution < -0.4 is 15.1 Å². The van der Waals surface area contributed by atoms with Crippen LogP contribution in [0.25, 0.3) is 5.69 Å². The number of pyridine rings is 1. The van der Waals surface area contributed by atoms with Gasteiger partial charge >= 0.3 is 0 Å². The predicted molar refractivity (Wildman–Crippen MR) is 162 cm³/mol. The Labute approximate surface area is 243 Å². The number of benzene rings is 2. The largest absolute Gasteiger partial charge is 0.370 e.